The maximum Gasteiger partial charge on any atom is 0.471 e. The van der Waals surface area contributed by atoms with Gasteiger partial charge in [0.05, 0.1) is 6.04 Å². The van der Waals surface area contributed by atoms with E-state index in [2.05, 4.69) is 0 Å². The maximum atomic E-state index is 12.2. The first kappa shape index (κ1) is 13.5. The van der Waals surface area contributed by atoms with Gasteiger partial charge in [-0.1, -0.05) is 29.8 Å². The number of rotatable bonds is 2. The standard InChI is InChI=1S/C12H14F3NO/c1-8-4-6-10(7-5-8)9(2)16(3)11(17)12(13,14)15/h4-7,9H,1-3H3. The highest BCUT2D eigenvalue weighted by molar-refractivity contribution is 5.82. The van der Waals surface area contributed by atoms with Crippen LogP contribution in [0.1, 0.15) is 24.1 Å². The lowest BCUT2D eigenvalue weighted by Crippen LogP contribution is -2.39. The summed E-state index contributed by atoms with van der Waals surface area (Å²) in [5, 5.41) is 0. The molecule has 0 saturated carbocycles. The second kappa shape index (κ2) is 4.77. The molecule has 1 amide bonds. The van der Waals surface area contributed by atoms with E-state index in [0.717, 1.165) is 12.6 Å². The lowest BCUT2D eigenvalue weighted by atomic mass is 10.1. The average molecular weight is 245 g/mol. The van der Waals surface area contributed by atoms with Crippen LogP contribution in [0.25, 0.3) is 0 Å². The van der Waals surface area contributed by atoms with Crippen LogP contribution in [-0.2, 0) is 4.79 Å². The second-order valence-electron chi connectivity index (χ2n) is 4.00. The first-order valence-corrected chi connectivity index (χ1v) is 5.14. The molecule has 2 nitrogen and oxygen atoms in total. The summed E-state index contributed by atoms with van der Waals surface area (Å²) in [5.74, 6) is -1.83. The van der Waals surface area contributed by atoms with Crippen molar-refractivity contribution in [2.75, 3.05) is 7.05 Å². The smallest absolute Gasteiger partial charge is 0.331 e. The van der Waals surface area contributed by atoms with Gasteiger partial charge in [-0.2, -0.15) is 13.2 Å². The summed E-state index contributed by atoms with van der Waals surface area (Å²) in [6.45, 7) is 3.45. The largest absolute Gasteiger partial charge is 0.471 e. The first-order chi connectivity index (χ1) is 7.73. The molecule has 0 heterocycles. The molecule has 0 fully saturated rings. The third-order valence-corrected chi connectivity index (χ3v) is 2.70. The zero-order chi connectivity index (χ0) is 13.2. The van der Waals surface area contributed by atoms with Gasteiger partial charge >= 0.3 is 12.1 Å². The van der Waals surface area contributed by atoms with Crippen molar-refractivity contribution in [3.63, 3.8) is 0 Å². The van der Waals surface area contributed by atoms with Gasteiger partial charge < -0.3 is 4.90 Å². The monoisotopic (exact) mass is 245 g/mol. The van der Waals surface area contributed by atoms with E-state index in [-0.39, 0.29) is 0 Å². The number of hydrogen-bond acceptors (Lipinski definition) is 1. The van der Waals surface area contributed by atoms with E-state index in [1.807, 2.05) is 6.92 Å². The van der Waals surface area contributed by atoms with Crippen LogP contribution in [0, 0.1) is 6.92 Å². The zero-order valence-corrected chi connectivity index (χ0v) is 9.88. The Morgan fingerprint density at radius 1 is 1.24 bits per heavy atom. The van der Waals surface area contributed by atoms with Gasteiger partial charge in [-0.3, -0.25) is 4.79 Å². The zero-order valence-electron chi connectivity index (χ0n) is 9.88. The van der Waals surface area contributed by atoms with E-state index in [4.69, 9.17) is 0 Å². The number of amides is 1. The molecule has 0 aromatic heterocycles. The third-order valence-electron chi connectivity index (χ3n) is 2.70. The highest BCUT2D eigenvalue weighted by Gasteiger charge is 2.42. The Labute approximate surface area is 98.0 Å². The number of aryl methyl sites for hydroxylation is 1. The van der Waals surface area contributed by atoms with Crippen LogP contribution in [0.2, 0.25) is 0 Å². The number of halogens is 3. The fraction of sp³-hybridized carbons (Fsp3) is 0.417. The quantitative estimate of drug-likeness (QED) is 0.784. The first-order valence-electron chi connectivity index (χ1n) is 5.14. The SMILES string of the molecule is Cc1ccc(C(C)N(C)C(=O)C(F)(F)F)cc1. The summed E-state index contributed by atoms with van der Waals surface area (Å²) < 4.78 is 36.7. The van der Waals surface area contributed by atoms with E-state index >= 15 is 0 Å². The molecule has 5 heteroatoms. The van der Waals surface area contributed by atoms with Crippen molar-refractivity contribution in [1.82, 2.24) is 4.90 Å². The molecule has 17 heavy (non-hydrogen) atoms. The number of carbonyl (C=O) groups is 1. The summed E-state index contributed by atoms with van der Waals surface area (Å²) >= 11 is 0. The topological polar surface area (TPSA) is 20.3 Å². The average Bonchev–Trinajstić information content (AvgIpc) is 2.26. The molecule has 1 aromatic rings. The van der Waals surface area contributed by atoms with Gasteiger partial charge in [0, 0.05) is 7.05 Å². The predicted molar refractivity (Wildman–Crippen MR) is 58.4 cm³/mol. The van der Waals surface area contributed by atoms with Crippen molar-refractivity contribution in [1.29, 1.82) is 0 Å². The maximum absolute atomic E-state index is 12.2. The Bertz CT molecular complexity index is 397. The number of alkyl halides is 3. The number of carbonyl (C=O) groups excluding carboxylic acids is 1. The minimum absolute atomic E-state index is 0.607. The van der Waals surface area contributed by atoms with Gasteiger partial charge in [-0.15, -0.1) is 0 Å². The van der Waals surface area contributed by atoms with Gasteiger partial charge in [-0.05, 0) is 19.4 Å². The van der Waals surface area contributed by atoms with Crippen molar-refractivity contribution in [2.45, 2.75) is 26.1 Å². The van der Waals surface area contributed by atoms with E-state index in [9.17, 15) is 18.0 Å². The molecular weight excluding hydrogens is 231 g/mol. The van der Waals surface area contributed by atoms with E-state index in [0.29, 0.717) is 10.5 Å². The second-order valence-corrected chi connectivity index (χ2v) is 4.00. The van der Waals surface area contributed by atoms with Crippen LogP contribution in [0.5, 0.6) is 0 Å². The molecule has 0 aliphatic heterocycles. The van der Waals surface area contributed by atoms with Crippen molar-refractivity contribution < 1.29 is 18.0 Å². The fourth-order valence-electron chi connectivity index (χ4n) is 1.44. The Morgan fingerprint density at radius 2 is 1.71 bits per heavy atom. The van der Waals surface area contributed by atoms with E-state index in [1.165, 1.54) is 0 Å². The summed E-state index contributed by atoms with van der Waals surface area (Å²) in [4.78, 5) is 11.7. The van der Waals surface area contributed by atoms with Crippen molar-refractivity contribution >= 4 is 5.91 Å². The van der Waals surface area contributed by atoms with Gasteiger partial charge in [0.15, 0.2) is 0 Å². The van der Waals surface area contributed by atoms with Crippen LogP contribution < -0.4 is 0 Å². The molecule has 1 atom stereocenters. The van der Waals surface area contributed by atoms with Crippen LogP contribution in [0.4, 0.5) is 13.2 Å². The summed E-state index contributed by atoms with van der Waals surface area (Å²) in [6, 6.07) is 6.44. The number of benzene rings is 1. The Kier molecular flexibility index (Phi) is 3.80. The third kappa shape index (κ3) is 3.22. The fourth-order valence-corrected chi connectivity index (χ4v) is 1.44. The number of hydrogen-bond donors (Lipinski definition) is 0. The van der Waals surface area contributed by atoms with Gasteiger partial charge in [0.1, 0.15) is 0 Å². The van der Waals surface area contributed by atoms with Gasteiger partial charge in [0.25, 0.3) is 0 Å². The Balaban J connectivity index is 2.87. The number of nitrogens with zero attached hydrogens (tertiary/aromatic N) is 1. The lowest BCUT2D eigenvalue weighted by Gasteiger charge is -2.26. The summed E-state index contributed by atoms with van der Waals surface area (Å²) in [6.07, 6.45) is -4.83. The van der Waals surface area contributed by atoms with Gasteiger partial charge in [-0.25, -0.2) is 0 Å². The van der Waals surface area contributed by atoms with E-state index in [1.54, 1.807) is 31.2 Å². The minimum atomic E-state index is -4.83. The molecule has 0 radical (unpaired) electrons. The lowest BCUT2D eigenvalue weighted by molar-refractivity contribution is -0.186. The molecular formula is C12H14F3NO. The molecule has 0 N–H and O–H groups in total. The Morgan fingerprint density at radius 3 is 2.12 bits per heavy atom. The minimum Gasteiger partial charge on any atom is -0.331 e. The van der Waals surface area contributed by atoms with Gasteiger partial charge in [0.2, 0.25) is 0 Å². The molecule has 1 rings (SSSR count). The van der Waals surface area contributed by atoms with Crippen LogP contribution >= 0.6 is 0 Å². The molecule has 0 aliphatic carbocycles. The van der Waals surface area contributed by atoms with Crippen molar-refractivity contribution in [3.05, 3.63) is 35.4 Å². The van der Waals surface area contributed by atoms with Crippen molar-refractivity contribution in [2.24, 2.45) is 0 Å². The van der Waals surface area contributed by atoms with Crippen LogP contribution in [-0.4, -0.2) is 24.0 Å². The molecule has 1 aromatic carbocycles. The van der Waals surface area contributed by atoms with Crippen molar-refractivity contribution in [3.8, 4) is 0 Å². The molecule has 0 saturated heterocycles. The molecule has 0 spiro atoms. The molecule has 1 unspecified atom stereocenters. The summed E-state index contributed by atoms with van der Waals surface area (Å²) in [5.41, 5.74) is 1.70. The predicted octanol–water partition coefficient (Wildman–Crippen LogP) is 3.08. The molecule has 0 bridgehead atoms. The highest BCUT2D eigenvalue weighted by atomic mass is 19.4. The van der Waals surface area contributed by atoms with E-state index < -0.39 is 18.1 Å². The highest BCUT2D eigenvalue weighted by Crippen LogP contribution is 2.25. The summed E-state index contributed by atoms with van der Waals surface area (Å²) in [7, 11) is 1.15. The Hall–Kier alpha value is -1.52. The van der Waals surface area contributed by atoms with Crippen LogP contribution in [0.3, 0.4) is 0 Å². The molecule has 94 valence electrons. The van der Waals surface area contributed by atoms with Crippen LogP contribution in [0.15, 0.2) is 24.3 Å². The normalized spacial score (nSPS) is 13.3. The molecule has 0 aliphatic rings.